The Hall–Kier alpha value is -0.450. The fourth-order valence-corrected chi connectivity index (χ4v) is 4.39. The van der Waals surface area contributed by atoms with Crippen LogP contribution in [0.25, 0.3) is 0 Å². The summed E-state index contributed by atoms with van der Waals surface area (Å²) in [5.74, 6) is 0. The molecule has 2 fully saturated rings. The minimum atomic E-state index is 0.419. The Bertz CT molecular complexity index is 437. The van der Waals surface area contributed by atoms with Crippen molar-refractivity contribution >= 4 is 11.3 Å². The van der Waals surface area contributed by atoms with E-state index >= 15 is 0 Å². The third kappa shape index (κ3) is 3.23. The summed E-state index contributed by atoms with van der Waals surface area (Å²) in [6.07, 6.45) is 8.07. The van der Waals surface area contributed by atoms with Crippen LogP contribution in [0.5, 0.6) is 0 Å². The van der Waals surface area contributed by atoms with Crippen LogP contribution in [0, 0.1) is 6.92 Å². The lowest BCUT2D eigenvalue weighted by molar-refractivity contribution is 0.0636. The number of piperazine rings is 1. The molecule has 112 valence electrons. The molecule has 2 heterocycles. The summed E-state index contributed by atoms with van der Waals surface area (Å²) in [4.78, 5) is 7.29. The van der Waals surface area contributed by atoms with E-state index in [-0.39, 0.29) is 0 Å². The third-order valence-electron chi connectivity index (χ3n) is 5.03. The molecule has 1 aromatic rings. The third-order valence-corrected chi connectivity index (χ3v) is 5.86. The largest absolute Gasteiger partial charge is 0.308 e. The molecule has 1 spiro atoms. The first-order chi connectivity index (χ1) is 9.67. The number of hydrogen-bond donors (Lipinski definition) is 1. The maximum absolute atomic E-state index is 4.60. The quantitative estimate of drug-likeness (QED) is 0.928. The number of nitrogens with one attached hydrogen (secondary N) is 1. The topological polar surface area (TPSA) is 28.2 Å². The van der Waals surface area contributed by atoms with Gasteiger partial charge in [0.2, 0.25) is 0 Å². The molecule has 1 unspecified atom stereocenters. The zero-order valence-corrected chi connectivity index (χ0v) is 13.6. The molecule has 1 atom stereocenters. The van der Waals surface area contributed by atoms with Crippen LogP contribution < -0.4 is 5.32 Å². The SMILES string of the molecule is Cc1nc(CCN2CC3(CCCCC3)NCC2C)cs1. The van der Waals surface area contributed by atoms with E-state index in [4.69, 9.17) is 0 Å². The van der Waals surface area contributed by atoms with E-state index in [1.807, 2.05) is 0 Å². The monoisotopic (exact) mass is 293 g/mol. The van der Waals surface area contributed by atoms with Crippen LogP contribution in [-0.2, 0) is 6.42 Å². The first kappa shape index (κ1) is 14.5. The van der Waals surface area contributed by atoms with Crippen molar-refractivity contribution < 1.29 is 0 Å². The Morgan fingerprint density at radius 3 is 2.90 bits per heavy atom. The standard InChI is InChI=1S/C16H27N3S/c1-13-10-17-16(7-4-3-5-8-16)12-19(13)9-6-15-11-20-14(2)18-15/h11,13,17H,3-10,12H2,1-2H3. The average molecular weight is 293 g/mol. The molecule has 1 N–H and O–H groups in total. The highest BCUT2D eigenvalue weighted by atomic mass is 32.1. The number of nitrogens with zero attached hydrogens (tertiary/aromatic N) is 2. The summed E-state index contributed by atoms with van der Waals surface area (Å²) in [6, 6.07) is 0.655. The lowest BCUT2D eigenvalue weighted by atomic mass is 9.79. The van der Waals surface area contributed by atoms with Gasteiger partial charge in [0.1, 0.15) is 0 Å². The minimum Gasteiger partial charge on any atom is -0.308 e. The van der Waals surface area contributed by atoms with Crippen LogP contribution in [0.15, 0.2) is 5.38 Å². The van der Waals surface area contributed by atoms with E-state index in [0.717, 1.165) is 19.5 Å². The summed E-state index contributed by atoms with van der Waals surface area (Å²) in [6.45, 7) is 7.99. The van der Waals surface area contributed by atoms with Gasteiger partial charge in [-0.05, 0) is 26.7 Å². The summed E-state index contributed by atoms with van der Waals surface area (Å²) in [5.41, 5.74) is 1.69. The molecule has 0 aromatic carbocycles. The van der Waals surface area contributed by atoms with Gasteiger partial charge in [-0.1, -0.05) is 19.3 Å². The fraction of sp³-hybridized carbons (Fsp3) is 0.812. The van der Waals surface area contributed by atoms with E-state index < -0.39 is 0 Å². The molecule has 0 bridgehead atoms. The first-order valence-corrected chi connectivity index (χ1v) is 8.95. The van der Waals surface area contributed by atoms with Crippen LogP contribution in [0.2, 0.25) is 0 Å². The Morgan fingerprint density at radius 1 is 1.40 bits per heavy atom. The lowest BCUT2D eigenvalue weighted by Gasteiger charge is -2.49. The normalized spacial score (nSPS) is 27.0. The van der Waals surface area contributed by atoms with Gasteiger partial charge in [0.25, 0.3) is 0 Å². The van der Waals surface area contributed by atoms with Crippen molar-refractivity contribution in [2.24, 2.45) is 0 Å². The van der Waals surface area contributed by atoms with Crippen molar-refractivity contribution in [3.8, 4) is 0 Å². The molecule has 1 aromatic heterocycles. The Labute approximate surface area is 126 Å². The summed E-state index contributed by atoms with van der Waals surface area (Å²) < 4.78 is 0. The maximum atomic E-state index is 4.60. The van der Waals surface area contributed by atoms with Gasteiger partial charge in [0, 0.05) is 43.0 Å². The predicted molar refractivity (Wildman–Crippen MR) is 85.4 cm³/mol. The molecule has 1 aliphatic heterocycles. The molecule has 3 rings (SSSR count). The molecule has 1 saturated heterocycles. The van der Waals surface area contributed by atoms with Crippen LogP contribution in [0.3, 0.4) is 0 Å². The van der Waals surface area contributed by atoms with Crippen LogP contribution in [0.4, 0.5) is 0 Å². The average Bonchev–Trinajstić information content (AvgIpc) is 2.87. The highest BCUT2D eigenvalue weighted by Crippen LogP contribution is 2.31. The molecule has 3 nitrogen and oxygen atoms in total. The van der Waals surface area contributed by atoms with Gasteiger partial charge in [-0.2, -0.15) is 0 Å². The molecule has 0 radical (unpaired) electrons. The Morgan fingerprint density at radius 2 is 2.20 bits per heavy atom. The second kappa shape index (κ2) is 6.12. The van der Waals surface area contributed by atoms with E-state index in [1.165, 1.54) is 49.4 Å². The van der Waals surface area contributed by atoms with Gasteiger partial charge < -0.3 is 5.32 Å². The molecule has 1 aliphatic carbocycles. The zero-order chi connectivity index (χ0) is 14.0. The number of rotatable bonds is 3. The van der Waals surface area contributed by atoms with Crippen molar-refractivity contribution in [2.45, 2.75) is 64.0 Å². The van der Waals surface area contributed by atoms with Gasteiger partial charge in [-0.15, -0.1) is 11.3 Å². The number of hydrogen-bond acceptors (Lipinski definition) is 4. The second-order valence-electron chi connectivity index (χ2n) is 6.65. The van der Waals surface area contributed by atoms with Crippen molar-refractivity contribution in [1.82, 2.24) is 15.2 Å². The molecular weight excluding hydrogens is 266 g/mol. The fourth-order valence-electron chi connectivity index (χ4n) is 3.74. The van der Waals surface area contributed by atoms with Crippen LogP contribution >= 0.6 is 11.3 Å². The molecule has 4 heteroatoms. The van der Waals surface area contributed by atoms with Crippen molar-refractivity contribution in [2.75, 3.05) is 19.6 Å². The van der Waals surface area contributed by atoms with Gasteiger partial charge in [0.15, 0.2) is 0 Å². The molecule has 1 saturated carbocycles. The minimum absolute atomic E-state index is 0.419. The van der Waals surface area contributed by atoms with Gasteiger partial charge in [-0.25, -0.2) is 4.98 Å². The van der Waals surface area contributed by atoms with Gasteiger partial charge in [0.05, 0.1) is 10.7 Å². The Balaban J connectivity index is 1.59. The number of aryl methyl sites for hydroxylation is 1. The molecule has 2 aliphatic rings. The number of aromatic nitrogens is 1. The maximum Gasteiger partial charge on any atom is 0.0897 e. The van der Waals surface area contributed by atoms with Crippen molar-refractivity contribution in [3.05, 3.63) is 16.1 Å². The Kier molecular flexibility index (Phi) is 4.43. The summed E-state index contributed by atoms with van der Waals surface area (Å²) in [5, 5.41) is 7.27. The molecular formula is C16H27N3S. The molecule has 20 heavy (non-hydrogen) atoms. The van der Waals surface area contributed by atoms with Gasteiger partial charge >= 0.3 is 0 Å². The smallest absolute Gasteiger partial charge is 0.0897 e. The van der Waals surface area contributed by atoms with Crippen LogP contribution in [0.1, 0.15) is 49.7 Å². The van der Waals surface area contributed by atoms with Crippen molar-refractivity contribution in [3.63, 3.8) is 0 Å². The predicted octanol–water partition coefficient (Wildman–Crippen LogP) is 2.99. The van der Waals surface area contributed by atoms with Crippen molar-refractivity contribution in [1.29, 1.82) is 0 Å². The highest BCUT2D eigenvalue weighted by molar-refractivity contribution is 7.09. The second-order valence-corrected chi connectivity index (χ2v) is 7.71. The van der Waals surface area contributed by atoms with Crippen LogP contribution in [-0.4, -0.2) is 41.1 Å². The van der Waals surface area contributed by atoms with E-state index in [0.29, 0.717) is 11.6 Å². The summed E-state index contributed by atoms with van der Waals surface area (Å²) >= 11 is 1.77. The van der Waals surface area contributed by atoms with Gasteiger partial charge in [-0.3, -0.25) is 4.90 Å². The first-order valence-electron chi connectivity index (χ1n) is 8.07. The van der Waals surface area contributed by atoms with E-state index in [1.54, 1.807) is 11.3 Å². The lowest BCUT2D eigenvalue weighted by Crippen LogP contribution is -2.64. The van der Waals surface area contributed by atoms with E-state index in [9.17, 15) is 0 Å². The zero-order valence-electron chi connectivity index (χ0n) is 12.8. The number of thiazole rings is 1. The summed E-state index contributed by atoms with van der Waals surface area (Å²) in [7, 11) is 0. The molecule has 0 amide bonds. The highest BCUT2D eigenvalue weighted by Gasteiger charge is 2.38. The van der Waals surface area contributed by atoms with E-state index in [2.05, 4.69) is 34.4 Å².